The van der Waals surface area contributed by atoms with Crippen LogP contribution in [0.3, 0.4) is 0 Å². The maximum Gasteiger partial charge on any atom is 0.320 e. The van der Waals surface area contributed by atoms with Crippen LogP contribution in [0.1, 0.15) is 49.1 Å². The van der Waals surface area contributed by atoms with Crippen molar-refractivity contribution in [3.05, 3.63) is 65.5 Å². The number of aromatic nitrogens is 3. The number of ether oxygens (including phenoxy) is 1. The van der Waals surface area contributed by atoms with Gasteiger partial charge in [-0.05, 0) is 92.8 Å². The van der Waals surface area contributed by atoms with Gasteiger partial charge in [-0.15, -0.1) is 0 Å². The van der Waals surface area contributed by atoms with E-state index in [1.165, 1.54) is 48.4 Å². The summed E-state index contributed by atoms with van der Waals surface area (Å²) in [5, 5.41) is 0.861. The van der Waals surface area contributed by atoms with Crippen molar-refractivity contribution in [2.75, 3.05) is 50.8 Å². The molecule has 220 valence electrons. The molecule has 9 nitrogen and oxygen atoms in total. The van der Waals surface area contributed by atoms with Crippen LogP contribution in [0.2, 0.25) is 0 Å². The molecule has 5 aliphatic rings. The Labute approximate surface area is 252 Å². The Morgan fingerprint density at radius 1 is 1.12 bits per heavy atom. The quantitative estimate of drug-likeness (QED) is 0.304. The van der Waals surface area contributed by atoms with Crippen LogP contribution in [0.15, 0.2) is 43.0 Å². The van der Waals surface area contributed by atoms with Crippen LogP contribution < -0.4 is 9.64 Å². The van der Waals surface area contributed by atoms with E-state index < -0.39 is 0 Å². The van der Waals surface area contributed by atoms with Gasteiger partial charge >= 0.3 is 6.01 Å². The Hall–Kier alpha value is -4.03. The molecular weight excluding hydrogens is 538 g/mol. The number of rotatable bonds is 7. The Morgan fingerprint density at radius 3 is 2.79 bits per heavy atom. The third-order valence-electron chi connectivity index (χ3n) is 10.6. The van der Waals surface area contributed by atoms with E-state index >= 15 is 0 Å². The van der Waals surface area contributed by atoms with Gasteiger partial charge in [0.25, 0.3) is 0 Å². The molecule has 0 radical (unpaired) electrons. The van der Waals surface area contributed by atoms with Crippen molar-refractivity contribution >= 4 is 22.8 Å². The lowest BCUT2D eigenvalue weighted by atomic mass is 9.95. The van der Waals surface area contributed by atoms with Gasteiger partial charge in [0, 0.05) is 25.2 Å². The van der Waals surface area contributed by atoms with Gasteiger partial charge in [-0.3, -0.25) is 9.69 Å². The van der Waals surface area contributed by atoms with Crippen molar-refractivity contribution in [3.63, 3.8) is 0 Å². The third kappa shape index (κ3) is 4.46. The second-order valence-electron chi connectivity index (χ2n) is 13.0. The number of carbonyl (C=O) groups excluding carboxylic acids is 1. The number of benzene rings is 1. The molecule has 2 aromatic heterocycles. The number of amides is 1. The topological polar surface area (TPSA) is 79.1 Å². The predicted molar refractivity (Wildman–Crippen MR) is 165 cm³/mol. The first-order valence-corrected chi connectivity index (χ1v) is 15.8. The van der Waals surface area contributed by atoms with Crippen molar-refractivity contribution in [2.24, 2.45) is 5.92 Å². The second-order valence-corrected chi connectivity index (χ2v) is 13.0. The van der Waals surface area contributed by atoms with Gasteiger partial charge < -0.3 is 19.4 Å². The predicted octanol–water partition coefficient (Wildman–Crippen LogP) is 4.48. The molecule has 4 fully saturated rings. The zero-order valence-corrected chi connectivity index (χ0v) is 24.5. The number of hydrogen-bond acceptors (Lipinski definition) is 7. The Kier molecular flexibility index (Phi) is 6.37. The average Bonchev–Trinajstić information content (AvgIpc) is 3.32. The number of anilines is 1. The highest BCUT2D eigenvalue weighted by molar-refractivity contribution is 5.90. The van der Waals surface area contributed by atoms with E-state index in [9.17, 15) is 4.79 Å². The van der Waals surface area contributed by atoms with Crippen molar-refractivity contribution < 1.29 is 9.53 Å². The minimum atomic E-state index is -0.249. The molecule has 3 saturated heterocycles. The first kappa shape index (κ1) is 26.6. The maximum absolute atomic E-state index is 12.6. The fourth-order valence-electron chi connectivity index (χ4n) is 8.37. The number of piperazine rings is 1. The molecule has 0 bridgehead atoms. The minimum absolute atomic E-state index is 0.0799. The lowest BCUT2D eigenvalue weighted by Gasteiger charge is -2.39. The van der Waals surface area contributed by atoms with E-state index in [4.69, 9.17) is 26.3 Å². The van der Waals surface area contributed by atoms with Crippen LogP contribution >= 0.6 is 0 Å². The van der Waals surface area contributed by atoms with Crippen LogP contribution in [-0.2, 0) is 11.2 Å². The molecule has 2 unspecified atom stereocenters. The number of hydrogen-bond donors (Lipinski definition) is 0. The highest BCUT2D eigenvalue weighted by Crippen LogP contribution is 2.58. The van der Waals surface area contributed by atoms with Gasteiger partial charge in [-0.25, -0.2) is 11.6 Å². The molecule has 3 aromatic rings. The second kappa shape index (κ2) is 10.3. The number of pyridine rings is 1. The van der Waals surface area contributed by atoms with Gasteiger partial charge in [0.15, 0.2) is 5.65 Å². The molecule has 3 atom stereocenters. The Bertz CT molecular complexity index is 1650. The number of carbonyl (C=O) groups is 1. The zero-order chi connectivity index (χ0) is 29.1. The van der Waals surface area contributed by atoms with Crippen molar-refractivity contribution in [2.45, 2.75) is 56.0 Å². The summed E-state index contributed by atoms with van der Waals surface area (Å²) in [6.07, 6.45) is 8.50. The smallest absolute Gasteiger partial charge is 0.320 e. The largest absolute Gasteiger partial charge is 0.461 e. The SMILES string of the molecule is [C-]#[N+]C[C@H]1CN(c2nc(OCC34CCCN3CCC4)nc3nc(-c4cccc5c4C4CC4C5)ccc23)CCN1C(=O)C=C. The summed E-state index contributed by atoms with van der Waals surface area (Å²) in [5.41, 5.74) is 5.79. The van der Waals surface area contributed by atoms with Crippen molar-refractivity contribution in [3.8, 4) is 17.3 Å². The summed E-state index contributed by atoms with van der Waals surface area (Å²) in [4.78, 5) is 37.8. The number of fused-ring (bicyclic) bond motifs is 5. The normalized spacial score (nSPS) is 25.2. The van der Waals surface area contributed by atoms with Gasteiger partial charge in [0.2, 0.25) is 12.5 Å². The standard InChI is InChI=1S/C34H37N7O2/c1-3-29(42)41-16-15-39(20-24(41)19-35-2)32-26-9-10-28(25-8-4-7-22-17-23-18-27(23)30(22)25)36-31(26)37-33(38-32)43-21-34-11-5-13-40(34)14-6-12-34/h3-4,7-10,23-24,27H,1,5-6,11-21H2/t23?,24-,27?/m0/s1. The highest BCUT2D eigenvalue weighted by Gasteiger charge is 2.47. The lowest BCUT2D eigenvalue weighted by molar-refractivity contribution is -0.128. The molecule has 0 N–H and O–H groups in total. The van der Waals surface area contributed by atoms with Crippen molar-refractivity contribution in [1.82, 2.24) is 24.8 Å². The maximum atomic E-state index is 12.6. The molecule has 1 aromatic carbocycles. The molecule has 3 aliphatic heterocycles. The summed E-state index contributed by atoms with van der Waals surface area (Å²) in [5.74, 6) is 2.08. The Morgan fingerprint density at radius 2 is 1.98 bits per heavy atom. The molecule has 9 heteroatoms. The minimum Gasteiger partial charge on any atom is -0.461 e. The number of nitrogens with zero attached hydrogens (tertiary/aromatic N) is 7. The van der Waals surface area contributed by atoms with E-state index in [1.54, 1.807) is 4.90 Å². The molecule has 1 saturated carbocycles. The van der Waals surface area contributed by atoms with Crippen LogP contribution in [0.4, 0.5) is 5.82 Å². The molecule has 8 rings (SSSR count). The summed E-state index contributed by atoms with van der Waals surface area (Å²) in [7, 11) is 0. The fraction of sp³-hybridized carbons (Fsp3) is 0.500. The van der Waals surface area contributed by atoms with Crippen LogP contribution in [0, 0.1) is 12.5 Å². The van der Waals surface area contributed by atoms with Crippen LogP contribution in [0.5, 0.6) is 6.01 Å². The summed E-state index contributed by atoms with van der Waals surface area (Å²) < 4.78 is 6.47. The highest BCUT2D eigenvalue weighted by atomic mass is 16.5. The van der Waals surface area contributed by atoms with E-state index in [0.29, 0.717) is 43.8 Å². The van der Waals surface area contributed by atoms with E-state index in [0.717, 1.165) is 48.7 Å². The zero-order valence-electron chi connectivity index (χ0n) is 24.5. The fourth-order valence-corrected chi connectivity index (χ4v) is 8.37. The molecule has 2 aliphatic carbocycles. The van der Waals surface area contributed by atoms with Crippen molar-refractivity contribution in [1.29, 1.82) is 0 Å². The van der Waals surface area contributed by atoms with Gasteiger partial charge in [-0.1, -0.05) is 24.8 Å². The van der Waals surface area contributed by atoms with Gasteiger partial charge in [0.05, 0.1) is 16.6 Å². The Balaban J connectivity index is 1.18. The first-order valence-electron chi connectivity index (χ1n) is 15.8. The molecular formula is C34H37N7O2. The van der Waals surface area contributed by atoms with Crippen LogP contribution in [-0.4, -0.2) is 88.1 Å². The summed E-state index contributed by atoms with van der Waals surface area (Å²) in [6.45, 7) is 15.8. The van der Waals surface area contributed by atoms with Crippen LogP contribution in [0.25, 0.3) is 27.1 Å². The first-order chi connectivity index (χ1) is 21.1. The summed E-state index contributed by atoms with van der Waals surface area (Å²) in [6, 6.07) is 10.9. The molecule has 43 heavy (non-hydrogen) atoms. The van der Waals surface area contributed by atoms with E-state index in [2.05, 4.69) is 51.6 Å². The van der Waals surface area contributed by atoms with Gasteiger partial charge in [0.1, 0.15) is 18.5 Å². The lowest BCUT2D eigenvalue weighted by Crippen LogP contribution is -2.56. The van der Waals surface area contributed by atoms with Gasteiger partial charge in [-0.2, -0.15) is 9.97 Å². The van der Waals surface area contributed by atoms with E-state index in [-0.39, 0.29) is 24.0 Å². The molecule has 1 amide bonds. The monoisotopic (exact) mass is 575 g/mol. The molecule has 0 spiro atoms. The average molecular weight is 576 g/mol. The third-order valence-corrected chi connectivity index (χ3v) is 10.6. The molecule has 5 heterocycles. The summed E-state index contributed by atoms with van der Waals surface area (Å²) >= 11 is 0. The van der Waals surface area contributed by atoms with E-state index in [1.807, 2.05) is 0 Å².